The van der Waals surface area contributed by atoms with Crippen LogP contribution < -0.4 is 4.74 Å². The highest BCUT2D eigenvalue weighted by Gasteiger charge is 2.18. The highest BCUT2D eigenvalue weighted by atomic mass is 16.5. The van der Waals surface area contributed by atoms with E-state index in [-0.39, 0.29) is 5.41 Å². The van der Waals surface area contributed by atoms with Gasteiger partial charge in [-0.05, 0) is 41.5 Å². The number of hydrogen-bond donors (Lipinski definition) is 0. The lowest BCUT2D eigenvalue weighted by Crippen LogP contribution is -2.12. The second kappa shape index (κ2) is 4.95. The molecule has 0 radical (unpaired) electrons. The number of methoxy groups -OCH3 is 1. The van der Waals surface area contributed by atoms with Crippen molar-refractivity contribution in [2.75, 3.05) is 7.11 Å². The van der Waals surface area contributed by atoms with Crippen molar-refractivity contribution < 1.29 is 4.74 Å². The van der Waals surface area contributed by atoms with Crippen LogP contribution in [0.3, 0.4) is 0 Å². The smallest absolute Gasteiger partial charge is 0.129 e. The van der Waals surface area contributed by atoms with Gasteiger partial charge in [0.2, 0.25) is 0 Å². The molecule has 0 saturated carbocycles. The quantitative estimate of drug-likeness (QED) is 0.740. The molecule has 1 aromatic carbocycles. The summed E-state index contributed by atoms with van der Waals surface area (Å²) >= 11 is 0. The van der Waals surface area contributed by atoms with Gasteiger partial charge in [0, 0.05) is 5.56 Å². The Morgan fingerprint density at radius 1 is 1.29 bits per heavy atom. The molecule has 1 nitrogen and oxygen atoms in total. The minimum atomic E-state index is 0.153. The Labute approximate surface area is 106 Å². The van der Waals surface area contributed by atoms with Gasteiger partial charge in [0.15, 0.2) is 0 Å². The van der Waals surface area contributed by atoms with Gasteiger partial charge in [0.1, 0.15) is 5.75 Å². The fourth-order valence-corrected chi connectivity index (χ4v) is 1.94. The van der Waals surface area contributed by atoms with Gasteiger partial charge in [-0.25, -0.2) is 0 Å². The summed E-state index contributed by atoms with van der Waals surface area (Å²) < 4.78 is 5.54. The third kappa shape index (κ3) is 2.91. The zero-order valence-corrected chi connectivity index (χ0v) is 12.0. The predicted octanol–water partition coefficient (Wildman–Crippen LogP) is 4.59. The van der Waals surface area contributed by atoms with Gasteiger partial charge in [0.25, 0.3) is 0 Å². The molecule has 0 N–H and O–H groups in total. The fraction of sp³-hybridized carbons (Fsp3) is 0.500. The van der Waals surface area contributed by atoms with Gasteiger partial charge >= 0.3 is 0 Å². The van der Waals surface area contributed by atoms with Gasteiger partial charge in [0.05, 0.1) is 7.11 Å². The highest BCUT2D eigenvalue weighted by Crippen LogP contribution is 2.35. The third-order valence-electron chi connectivity index (χ3n) is 3.08. The first-order valence-corrected chi connectivity index (χ1v) is 6.18. The standard InChI is InChI=1S/C16H24O/c1-8-12-9-13(16(4,5)6)10-14(11(2)3)15(12)17-7/h9-10H,2,8H2,1,3-7H3. The molecule has 94 valence electrons. The number of hydrogen-bond acceptors (Lipinski definition) is 1. The Morgan fingerprint density at radius 2 is 1.88 bits per heavy atom. The molecule has 0 aliphatic carbocycles. The van der Waals surface area contributed by atoms with Crippen molar-refractivity contribution in [2.24, 2.45) is 0 Å². The van der Waals surface area contributed by atoms with E-state index in [4.69, 9.17) is 4.74 Å². The van der Waals surface area contributed by atoms with Crippen molar-refractivity contribution in [1.29, 1.82) is 0 Å². The molecule has 0 fully saturated rings. The first kappa shape index (κ1) is 13.8. The van der Waals surface area contributed by atoms with Crippen LogP contribution in [0, 0.1) is 0 Å². The normalized spacial score (nSPS) is 11.4. The molecule has 0 spiro atoms. The maximum atomic E-state index is 5.54. The fourth-order valence-electron chi connectivity index (χ4n) is 1.94. The summed E-state index contributed by atoms with van der Waals surface area (Å²) in [6.07, 6.45) is 0.980. The predicted molar refractivity (Wildman–Crippen MR) is 75.8 cm³/mol. The number of aryl methyl sites for hydroxylation is 1. The molecular formula is C16H24O. The second-order valence-corrected chi connectivity index (χ2v) is 5.60. The van der Waals surface area contributed by atoms with Gasteiger partial charge in [-0.3, -0.25) is 0 Å². The van der Waals surface area contributed by atoms with Crippen LogP contribution in [0.2, 0.25) is 0 Å². The maximum absolute atomic E-state index is 5.54. The lowest BCUT2D eigenvalue weighted by Gasteiger charge is -2.23. The van der Waals surface area contributed by atoms with Crippen molar-refractivity contribution in [1.82, 2.24) is 0 Å². The first-order chi connectivity index (χ1) is 7.81. The van der Waals surface area contributed by atoms with Crippen molar-refractivity contribution in [3.8, 4) is 5.75 Å². The molecule has 0 aromatic heterocycles. The van der Waals surface area contributed by atoms with Crippen LogP contribution in [-0.2, 0) is 11.8 Å². The van der Waals surface area contributed by atoms with E-state index in [1.807, 2.05) is 6.92 Å². The summed E-state index contributed by atoms with van der Waals surface area (Å²) in [6, 6.07) is 4.46. The minimum Gasteiger partial charge on any atom is -0.496 e. The van der Waals surface area contributed by atoms with Crippen LogP contribution in [0.15, 0.2) is 18.7 Å². The molecule has 1 aromatic rings. The third-order valence-corrected chi connectivity index (χ3v) is 3.08. The Balaban J connectivity index is 3.51. The Morgan fingerprint density at radius 3 is 2.24 bits per heavy atom. The van der Waals surface area contributed by atoms with E-state index in [0.29, 0.717) is 0 Å². The highest BCUT2D eigenvalue weighted by molar-refractivity contribution is 5.70. The summed E-state index contributed by atoms with van der Waals surface area (Å²) in [5.74, 6) is 0.980. The van der Waals surface area contributed by atoms with E-state index in [1.54, 1.807) is 7.11 Å². The van der Waals surface area contributed by atoms with E-state index in [0.717, 1.165) is 23.3 Å². The van der Waals surface area contributed by atoms with Crippen molar-refractivity contribution >= 4 is 5.57 Å². The van der Waals surface area contributed by atoms with Crippen LogP contribution in [-0.4, -0.2) is 7.11 Å². The molecule has 0 unspecified atom stereocenters. The topological polar surface area (TPSA) is 9.23 Å². The molecule has 0 amide bonds. The summed E-state index contributed by atoms with van der Waals surface area (Å²) in [7, 11) is 1.73. The van der Waals surface area contributed by atoms with Crippen LogP contribution in [0.25, 0.3) is 5.57 Å². The van der Waals surface area contributed by atoms with Gasteiger partial charge in [-0.1, -0.05) is 40.3 Å². The van der Waals surface area contributed by atoms with Crippen LogP contribution in [0.5, 0.6) is 5.75 Å². The van der Waals surface area contributed by atoms with E-state index < -0.39 is 0 Å². The van der Waals surface area contributed by atoms with Crippen LogP contribution in [0.1, 0.15) is 51.3 Å². The Kier molecular flexibility index (Phi) is 4.03. The summed E-state index contributed by atoms with van der Waals surface area (Å²) in [6.45, 7) is 14.9. The molecule has 1 rings (SSSR count). The van der Waals surface area contributed by atoms with E-state index in [9.17, 15) is 0 Å². The van der Waals surface area contributed by atoms with E-state index >= 15 is 0 Å². The summed E-state index contributed by atoms with van der Waals surface area (Å²) in [5, 5.41) is 0. The average molecular weight is 232 g/mol. The Bertz CT molecular complexity index is 422. The first-order valence-electron chi connectivity index (χ1n) is 6.18. The number of allylic oxidation sites excluding steroid dienone is 1. The SMILES string of the molecule is C=C(C)c1cc(C(C)(C)C)cc(CC)c1OC. The molecule has 0 saturated heterocycles. The molecule has 0 aliphatic heterocycles. The largest absolute Gasteiger partial charge is 0.496 e. The summed E-state index contributed by atoms with van der Waals surface area (Å²) in [5.41, 5.74) is 4.95. The average Bonchev–Trinajstić information content (AvgIpc) is 2.25. The van der Waals surface area contributed by atoms with Crippen molar-refractivity contribution in [3.63, 3.8) is 0 Å². The number of rotatable bonds is 3. The molecule has 0 heterocycles. The zero-order chi connectivity index (χ0) is 13.2. The van der Waals surface area contributed by atoms with Crippen molar-refractivity contribution in [3.05, 3.63) is 35.4 Å². The molecule has 1 heteroatoms. The lowest BCUT2D eigenvalue weighted by atomic mass is 9.83. The van der Waals surface area contributed by atoms with Crippen LogP contribution >= 0.6 is 0 Å². The van der Waals surface area contributed by atoms with Crippen molar-refractivity contribution in [2.45, 2.75) is 46.5 Å². The number of benzene rings is 1. The van der Waals surface area contributed by atoms with Gasteiger partial charge in [-0.15, -0.1) is 0 Å². The van der Waals surface area contributed by atoms with Gasteiger partial charge in [-0.2, -0.15) is 0 Å². The number of ether oxygens (including phenoxy) is 1. The molecule has 17 heavy (non-hydrogen) atoms. The minimum absolute atomic E-state index is 0.153. The van der Waals surface area contributed by atoms with Crippen LogP contribution in [0.4, 0.5) is 0 Å². The molecule has 0 atom stereocenters. The molecular weight excluding hydrogens is 208 g/mol. The summed E-state index contributed by atoms with van der Waals surface area (Å²) in [4.78, 5) is 0. The van der Waals surface area contributed by atoms with E-state index in [2.05, 4.69) is 46.4 Å². The molecule has 0 bridgehead atoms. The Hall–Kier alpha value is -1.24. The zero-order valence-electron chi connectivity index (χ0n) is 12.0. The van der Waals surface area contributed by atoms with E-state index in [1.165, 1.54) is 11.1 Å². The molecule has 0 aliphatic rings. The maximum Gasteiger partial charge on any atom is 0.129 e. The lowest BCUT2D eigenvalue weighted by molar-refractivity contribution is 0.408. The second-order valence-electron chi connectivity index (χ2n) is 5.60. The monoisotopic (exact) mass is 232 g/mol. The van der Waals surface area contributed by atoms with Gasteiger partial charge < -0.3 is 4.74 Å².